The van der Waals surface area contributed by atoms with Crippen molar-refractivity contribution in [3.8, 4) is 0 Å². The van der Waals surface area contributed by atoms with E-state index in [1.807, 2.05) is 4.90 Å². The van der Waals surface area contributed by atoms with E-state index in [0.717, 1.165) is 6.42 Å². The van der Waals surface area contributed by atoms with Crippen LogP contribution in [0.4, 0.5) is 4.79 Å². The maximum absolute atomic E-state index is 12.6. The third-order valence-corrected chi connectivity index (χ3v) is 4.27. The van der Waals surface area contributed by atoms with Gasteiger partial charge in [0.25, 0.3) is 5.91 Å². The summed E-state index contributed by atoms with van der Waals surface area (Å²) in [7, 11) is 0. The van der Waals surface area contributed by atoms with E-state index in [2.05, 4.69) is 10.6 Å². The van der Waals surface area contributed by atoms with Gasteiger partial charge in [-0.2, -0.15) is 0 Å². The lowest BCUT2D eigenvalue weighted by molar-refractivity contribution is -0.121. The van der Waals surface area contributed by atoms with Crippen LogP contribution in [0, 0.1) is 0 Å². The van der Waals surface area contributed by atoms with Crippen LogP contribution in [0.2, 0.25) is 5.02 Å². The number of carbonyl (C=O) groups is 3. The van der Waals surface area contributed by atoms with E-state index in [4.69, 9.17) is 11.6 Å². The number of imide groups is 1. The second kappa shape index (κ2) is 9.39. The van der Waals surface area contributed by atoms with Crippen LogP contribution in [0.1, 0.15) is 23.7 Å². The molecule has 1 aromatic rings. The topological polar surface area (TPSA) is 81.8 Å². The summed E-state index contributed by atoms with van der Waals surface area (Å²) in [5.74, 6) is -0.448. The molecule has 0 radical (unpaired) electrons. The third kappa shape index (κ3) is 5.72. The van der Waals surface area contributed by atoms with Crippen molar-refractivity contribution in [2.45, 2.75) is 13.3 Å². The van der Waals surface area contributed by atoms with Crippen LogP contribution in [0.5, 0.6) is 0 Å². The second-order valence-electron chi connectivity index (χ2n) is 5.81. The number of urea groups is 1. The minimum atomic E-state index is -0.488. The van der Waals surface area contributed by atoms with Crippen molar-refractivity contribution in [3.63, 3.8) is 0 Å². The van der Waals surface area contributed by atoms with Crippen LogP contribution in [-0.4, -0.2) is 66.9 Å². The molecule has 8 heteroatoms. The summed E-state index contributed by atoms with van der Waals surface area (Å²) < 4.78 is 0. The van der Waals surface area contributed by atoms with Gasteiger partial charge in [-0.05, 0) is 25.5 Å². The first-order chi connectivity index (χ1) is 12.0. The largest absolute Gasteiger partial charge is 0.338 e. The third-order valence-electron chi connectivity index (χ3n) is 3.94. The Labute approximate surface area is 152 Å². The van der Waals surface area contributed by atoms with Crippen LogP contribution in [0.15, 0.2) is 24.3 Å². The van der Waals surface area contributed by atoms with E-state index in [0.29, 0.717) is 43.3 Å². The molecule has 2 rings (SSSR count). The van der Waals surface area contributed by atoms with Crippen molar-refractivity contribution in [2.75, 3.05) is 39.3 Å². The van der Waals surface area contributed by atoms with Crippen molar-refractivity contribution in [2.24, 2.45) is 0 Å². The predicted molar refractivity (Wildman–Crippen MR) is 95.6 cm³/mol. The normalized spacial score (nSPS) is 15.4. The van der Waals surface area contributed by atoms with E-state index < -0.39 is 6.03 Å². The van der Waals surface area contributed by atoms with Gasteiger partial charge in [0.1, 0.15) is 0 Å². The number of rotatable bonds is 4. The number of halogens is 1. The number of nitrogens with one attached hydrogen (secondary N) is 2. The molecule has 1 aliphatic heterocycles. The molecule has 1 heterocycles. The summed E-state index contributed by atoms with van der Waals surface area (Å²) in [6, 6.07) is 6.50. The number of carbonyl (C=O) groups excluding carboxylic acids is 3. The van der Waals surface area contributed by atoms with Gasteiger partial charge in [0.15, 0.2) is 0 Å². The highest BCUT2D eigenvalue weighted by molar-refractivity contribution is 6.33. The summed E-state index contributed by atoms with van der Waals surface area (Å²) in [6.45, 7) is 4.75. The standard InChI is InChI=1S/C17H23ClN4O3/c1-2-19-17(25)20-15(23)12-21-8-5-9-22(11-10-21)16(24)13-6-3-4-7-14(13)18/h3-4,6-7H,2,5,8-12H2,1H3,(H2,19,20,23,25). The Morgan fingerprint density at radius 2 is 1.88 bits per heavy atom. The number of hydrogen-bond acceptors (Lipinski definition) is 4. The quantitative estimate of drug-likeness (QED) is 0.842. The van der Waals surface area contributed by atoms with Gasteiger partial charge in [-0.15, -0.1) is 0 Å². The van der Waals surface area contributed by atoms with Gasteiger partial charge in [-0.25, -0.2) is 4.79 Å². The zero-order valence-electron chi connectivity index (χ0n) is 14.3. The summed E-state index contributed by atoms with van der Waals surface area (Å²) in [6.07, 6.45) is 0.755. The molecule has 0 unspecified atom stereocenters. The zero-order valence-corrected chi connectivity index (χ0v) is 15.0. The highest BCUT2D eigenvalue weighted by atomic mass is 35.5. The Morgan fingerprint density at radius 3 is 2.60 bits per heavy atom. The van der Waals surface area contributed by atoms with Gasteiger partial charge in [-0.3, -0.25) is 19.8 Å². The number of nitrogens with zero attached hydrogens (tertiary/aromatic N) is 2. The molecule has 2 N–H and O–H groups in total. The number of benzene rings is 1. The van der Waals surface area contributed by atoms with Crippen molar-refractivity contribution >= 4 is 29.4 Å². The maximum atomic E-state index is 12.6. The summed E-state index contributed by atoms with van der Waals surface area (Å²) in [5, 5.41) is 5.24. The first kappa shape index (κ1) is 19.2. The Kier molecular flexibility index (Phi) is 7.21. The van der Waals surface area contributed by atoms with Crippen LogP contribution in [-0.2, 0) is 4.79 Å². The molecular formula is C17H23ClN4O3. The molecule has 1 saturated heterocycles. The van der Waals surface area contributed by atoms with Crippen LogP contribution in [0.3, 0.4) is 0 Å². The molecule has 0 aliphatic carbocycles. The van der Waals surface area contributed by atoms with Crippen molar-refractivity contribution in [1.29, 1.82) is 0 Å². The SMILES string of the molecule is CCNC(=O)NC(=O)CN1CCCN(C(=O)c2ccccc2Cl)CC1. The minimum absolute atomic E-state index is 0.0979. The average molecular weight is 367 g/mol. The Hall–Kier alpha value is -2.12. The van der Waals surface area contributed by atoms with Gasteiger partial charge in [0.2, 0.25) is 5.91 Å². The monoisotopic (exact) mass is 366 g/mol. The lowest BCUT2D eigenvalue weighted by Gasteiger charge is -2.22. The molecule has 136 valence electrons. The van der Waals surface area contributed by atoms with Crippen LogP contribution >= 0.6 is 11.6 Å². The van der Waals surface area contributed by atoms with E-state index in [9.17, 15) is 14.4 Å². The molecule has 25 heavy (non-hydrogen) atoms. The van der Waals surface area contributed by atoms with Crippen LogP contribution in [0.25, 0.3) is 0 Å². The minimum Gasteiger partial charge on any atom is -0.338 e. The Balaban J connectivity index is 1.87. The summed E-state index contributed by atoms with van der Waals surface area (Å²) >= 11 is 6.10. The van der Waals surface area contributed by atoms with Crippen molar-refractivity contribution in [3.05, 3.63) is 34.9 Å². The maximum Gasteiger partial charge on any atom is 0.321 e. The Bertz CT molecular complexity index is 638. The Morgan fingerprint density at radius 1 is 1.12 bits per heavy atom. The van der Waals surface area contributed by atoms with Gasteiger partial charge >= 0.3 is 6.03 Å². The highest BCUT2D eigenvalue weighted by Crippen LogP contribution is 2.18. The molecule has 1 aromatic carbocycles. The van der Waals surface area contributed by atoms with E-state index in [1.54, 1.807) is 36.1 Å². The van der Waals surface area contributed by atoms with Crippen LogP contribution < -0.4 is 10.6 Å². The van der Waals surface area contributed by atoms with E-state index in [1.165, 1.54) is 0 Å². The molecule has 4 amide bonds. The molecule has 1 aliphatic rings. The molecule has 0 atom stereocenters. The highest BCUT2D eigenvalue weighted by Gasteiger charge is 2.23. The summed E-state index contributed by atoms with van der Waals surface area (Å²) in [5.41, 5.74) is 0.492. The predicted octanol–water partition coefficient (Wildman–Crippen LogP) is 1.33. The number of hydrogen-bond donors (Lipinski definition) is 2. The molecule has 7 nitrogen and oxygen atoms in total. The summed E-state index contributed by atoms with van der Waals surface area (Å²) in [4.78, 5) is 39.5. The molecule has 0 aromatic heterocycles. The molecule has 1 fully saturated rings. The molecule has 0 spiro atoms. The first-order valence-corrected chi connectivity index (χ1v) is 8.73. The average Bonchev–Trinajstić information content (AvgIpc) is 2.80. The fourth-order valence-electron chi connectivity index (χ4n) is 2.71. The van der Waals surface area contributed by atoms with Gasteiger partial charge in [-0.1, -0.05) is 23.7 Å². The van der Waals surface area contributed by atoms with Crippen molar-refractivity contribution in [1.82, 2.24) is 20.4 Å². The van der Waals surface area contributed by atoms with Crippen molar-refractivity contribution < 1.29 is 14.4 Å². The van der Waals surface area contributed by atoms with E-state index in [-0.39, 0.29) is 18.4 Å². The zero-order chi connectivity index (χ0) is 18.2. The van der Waals surface area contributed by atoms with Gasteiger partial charge in [0, 0.05) is 32.7 Å². The first-order valence-electron chi connectivity index (χ1n) is 8.35. The van der Waals surface area contributed by atoms with E-state index >= 15 is 0 Å². The molecule has 0 bridgehead atoms. The number of amides is 4. The molecular weight excluding hydrogens is 344 g/mol. The molecule has 0 saturated carbocycles. The fourth-order valence-corrected chi connectivity index (χ4v) is 2.93. The van der Waals surface area contributed by atoms with Gasteiger partial charge in [0.05, 0.1) is 17.1 Å². The lowest BCUT2D eigenvalue weighted by atomic mass is 10.2. The van der Waals surface area contributed by atoms with Gasteiger partial charge < -0.3 is 10.2 Å². The lowest BCUT2D eigenvalue weighted by Crippen LogP contribution is -2.45. The smallest absolute Gasteiger partial charge is 0.321 e. The fraction of sp³-hybridized carbons (Fsp3) is 0.471. The second-order valence-corrected chi connectivity index (χ2v) is 6.22.